The Morgan fingerprint density at radius 2 is 1.67 bits per heavy atom. The highest BCUT2D eigenvalue weighted by Crippen LogP contribution is 2.44. The molecule has 1 fully saturated rings. The number of rotatable bonds is 5. The lowest BCUT2D eigenvalue weighted by Crippen LogP contribution is -2.45. The van der Waals surface area contributed by atoms with Crippen molar-refractivity contribution in [2.24, 2.45) is 0 Å². The topological polar surface area (TPSA) is 54.0 Å². The van der Waals surface area contributed by atoms with Gasteiger partial charge in [-0.05, 0) is 29.8 Å². The van der Waals surface area contributed by atoms with Gasteiger partial charge in [-0.25, -0.2) is 0 Å². The highest BCUT2D eigenvalue weighted by molar-refractivity contribution is 6.32. The molecule has 2 N–H and O–H groups in total. The fourth-order valence-electron chi connectivity index (χ4n) is 3.36. The second kappa shape index (κ2) is 11.2. The molecule has 0 amide bonds. The van der Waals surface area contributed by atoms with E-state index in [-0.39, 0.29) is 41.3 Å². The van der Waals surface area contributed by atoms with E-state index in [1.165, 1.54) is 25.3 Å². The van der Waals surface area contributed by atoms with Crippen molar-refractivity contribution in [3.05, 3.63) is 52.5 Å². The molecule has 0 radical (unpaired) electrons. The van der Waals surface area contributed by atoms with Gasteiger partial charge in [-0.1, -0.05) is 23.7 Å². The number of hydrogen-bond acceptors (Lipinski definition) is 5. The molecule has 0 spiro atoms. The van der Waals surface area contributed by atoms with Gasteiger partial charge >= 0.3 is 6.36 Å². The standard InChI is InChI=1S/C19H20ClF3N2O3.2ClH/c1-27-15-7-6-14(20)18(26)16(15)17(25-10-8-24-9-11-25)12-2-4-13(5-3-12)28-19(21,22)23;;/h2-7,17,24,26H,8-11H2,1H3;2*1H/t17-;;/m0../s1. The molecular weight excluding hydrogens is 468 g/mol. The van der Waals surface area contributed by atoms with Crippen molar-refractivity contribution >= 4 is 36.4 Å². The zero-order valence-corrected chi connectivity index (χ0v) is 18.3. The van der Waals surface area contributed by atoms with E-state index in [0.717, 1.165) is 13.1 Å². The van der Waals surface area contributed by atoms with Crippen molar-refractivity contribution in [3.8, 4) is 17.2 Å². The predicted octanol–water partition coefficient (Wildman–Crippen LogP) is 4.79. The Morgan fingerprint density at radius 1 is 1.07 bits per heavy atom. The zero-order chi connectivity index (χ0) is 20.3. The molecular formula is C19H22Cl3F3N2O3. The fourth-order valence-corrected chi connectivity index (χ4v) is 3.52. The van der Waals surface area contributed by atoms with E-state index in [2.05, 4.69) is 15.0 Å². The first-order valence-corrected chi connectivity index (χ1v) is 9.04. The van der Waals surface area contributed by atoms with Crippen molar-refractivity contribution in [2.45, 2.75) is 12.4 Å². The Bertz CT molecular complexity index is 817. The van der Waals surface area contributed by atoms with Crippen LogP contribution in [0.4, 0.5) is 13.2 Å². The van der Waals surface area contributed by atoms with Gasteiger partial charge in [0.05, 0.1) is 23.7 Å². The molecule has 168 valence electrons. The van der Waals surface area contributed by atoms with Gasteiger partial charge in [-0.3, -0.25) is 4.90 Å². The molecule has 0 saturated carbocycles. The Balaban J connectivity index is 0.00000225. The molecule has 1 aliphatic rings. The first kappa shape index (κ1) is 26.5. The third-order valence-corrected chi connectivity index (χ3v) is 4.87. The minimum atomic E-state index is -4.76. The van der Waals surface area contributed by atoms with E-state index < -0.39 is 12.4 Å². The van der Waals surface area contributed by atoms with Gasteiger partial charge in [0.25, 0.3) is 0 Å². The number of ether oxygens (including phenoxy) is 2. The number of hydrogen-bond donors (Lipinski definition) is 2. The molecule has 0 aliphatic carbocycles. The Hall–Kier alpha value is -1.58. The number of alkyl halides is 3. The Kier molecular flexibility index (Phi) is 9.84. The summed E-state index contributed by atoms with van der Waals surface area (Å²) in [6.45, 7) is 2.85. The molecule has 11 heteroatoms. The molecule has 0 bridgehead atoms. The van der Waals surface area contributed by atoms with Crippen LogP contribution in [-0.2, 0) is 0 Å². The zero-order valence-electron chi connectivity index (χ0n) is 15.9. The predicted molar refractivity (Wildman–Crippen MR) is 114 cm³/mol. The van der Waals surface area contributed by atoms with Gasteiger partial charge in [0, 0.05) is 26.2 Å². The molecule has 2 aromatic carbocycles. The molecule has 1 saturated heterocycles. The SMILES string of the molecule is COc1ccc(Cl)c(O)c1[C@H](c1ccc(OC(F)(F)F)cc1)N1CCNCC1.Cl.Cl. The number of halogens is 6. The average molecular weight is 490 g/mol. The van der Waals surface area contributed by atoms with E-state index in [1.807, 2.05) is 0 Å². The van der Waals surface area contributed by atoms with Crippen molar-refractivity contribution < 1.29 is 27.8 Å². The van der Waals surface area contributed by atoms with Crippen LogP contribution in [0.1, 0.15) is 17.2 Å². The van der Waals surface area contributed by atoms with Crippen LogP contribution in [0.15, 0.2) is 36.4 Å². The summed E-state index contributed by atoms with van der Waals surface area (Å²) in [6, 6.07) is 8.36. The lowest BCUT2D eigenvalue weighted by molar-refractivity contribution is -0.274. The maximum Gasteiger partial charge on any atom is 0.573 e. The normalized spacial score (nSPS) is 15.5. The molecule has 3 rings (SSSR count). The summed E-state index contributed by atoms with van der Waals surface area (Å²) in [7, 11) is 1.49. The van der Waals surface area contributed by atoms with Crippen LogP contribution in [-0.4, -0.2) is 49.7 Å². The molecule has 2 aromatic rings. The van der Waals surface area contributed by atoms with Crippen LogP contribution < -0.4 is 14.8 Å². The number of nitrogens with zero attached hydrogens (tertiary/aromatic N) is 1. The number of methoxy groups -OCH3 is 1. The summed E-state index contributed by atoms with van der Waals surface area (Å²) in [5.41, 5.74) is 1.16. The summed E-state index contributed by atoms with van der Waals surface area (Å²) in [5, 5.41) is 14.1. The number of benzene rings is 2. The van der Waals surface area contributed by atoms with Crippen molar-refractivity contribution in [3.63, 3.8) is 0 Å². The van der Waals surface area contributed by atoms with Gasteiger partial charge in [0.1, 0.15) is 17.2 Å². The fraction of sp³-hybridized carbons (Fsp3) is 0.368. The monoisotopic (exact) mass is 488 g/mol. The van der Waals surface area contributed by atoms with Gasteiger partial charge in [0.2, 0.25) is 0 Å². The Labute approximate surface area is 189 Å². The van der Waals surface area contributed by atoms with Crippen LogP contribution in [0.2, 0.25) is 5.02 Å². The summed E-state index contributed by atoms with van der Waals surface area (Å²) in [4.78, 5) is 2.12. The van der Waals surface area contributed by atoms with Crippen LogP contribution in [0, 0.1) is 0 Å². The average Bonchev–Trinajstić information content (AvgIpc) is 2.66. The lowest BCUT2D eigenvalue weighted by Gasteiger charge is -2.36. The van der Waals surface area contributed by atoms with Gasteiger partial charge < -0.3 is 19.9 Å². The van der Waals surface area contributed by atoms with E-state index in [4.69, 9.17) is 16.3 Å². The first-order chi connectivity index (χ1) is 13.3. The van der Waals surface area contributed by atoms with Gasteiger partial charge in [0.15, 0.2) is 0 Å². The maximum absolute atomic E-state index is 12.5. The van der Waals surface area contributed by atoms with Gasteiger partial charge in [-0.2, -0.15) is 0 Å². The van der Waals surface area contributed by atoms with E-state index >= 15 is 0 Å². The Morgan fingerprint density at radius 3 is 2.20 bits per heavy atom. The number of nitrogens with one attached hydrogen (secondary N) is 1. The van der Waals surface area contributed by atoms with Crippen molar-refractivity contribution in [1.29, 1.82) is 0 Å². The third kappa shape index (κ3) is 6.21. The number of phenols is 1. The quantitative estimate of drug-likeness (QED) is 0.632. The molecule has 0 aromatic heterocycles. The minimum absolute atomic E-state index is 0. The summed E-state index contributed by atoms with van der Waals surface area (Å²) < 4.78 is 46.7. The van der Waals surface area contributed by atoms with Crippen LogP contribution >= 0.6 is 36.4 Å². The van der Waals surface area contributed by atoms with E-state index in [1.54, 1.807) is 18.2 Å². The second-order valence-electron chi connectivity index (χ2n) is 6.32. The van der Waals surface area contributed by atoms with Crippen LogP contribution in [0.25, 0.3) is 0 Å². The van der Waals surface area contributed by atoms with Crippen molar-refractivity contribution in [2.75, 3.05) is 33.3 Å². The minimum Gasteiger partial charge on any atom is -0.506 e. The molecule has 30 heavy (non-hydrogen) atoms. The summed E-state index contributed by atoms with van der Waals surface area (Å²) in [6.07, 6.45) is -4.76. The molecule has 1 atom stereocenters. The van der Waals surface area contributed by atoms with Gasteiger partial charge in [-0.15, -0.1) is 38.0 Å². The number of phenolic OH excluding ortho intramolecular Hbond substituents is 1. The lowest BCUT2D eigenvalue weighted by atomic mass is 9.94. The molecule has 5 nitrogen and oxygen atoms in total. The van der Waals surface area contributed by atoms with Crippen molar-refractivity contribution in [1.82, 2.24) is 10.2 Å². The molecule has 1 heterocycles. The van der Waals surface area contributed by atoms with E-state index in [0.29, 0.717) is 30.0 Å². The molecule has 1 aliphatic heterocycles. The number of piperazine rings is 1. The second-order valence-corrected chi connectivity index (χ2v) is 6.72. The van der Waals surface area contributed by atoms with E-state index in [9.17, 15) is 18.3 Å². The third-order valence-electron chi connectivity index (χ3n) is 4.57. The highest BCUT2D eigenvalue weighted by Gasteiger charge is 2.32. The van der Waals surface area contributed by atoms with Crippen LogP contribution in [0.3, 0.4) is 0 Å². The smallest absolute Gasteiger partial charge is 0.506 e. The molecule has 0 unspecified atom stereocenters. The maximum atomic E-state index is 12.5. The summed E-state index contributed by atoms with van der Waals surface area (Å²) in [5.74, 6) is 0.0267. The van der Waals surface area contributed by atoms with Crippen LogP contribution in [0.5, 0.6) is 17.2 Å². The summed E-state index contributed by atoms with van der Waals surface area (Å²) >= 11 is 6.13. The highest BCUT2D eigenvalue weighted by atomic mass is 35.5. The number of aromatic hydroxyl groups is 1. The first-order valence-electron chi connectivity index (χ1n) is 8.66. The largest absolute Gasteiger partial charge is 0.573 e.